The molecule has 0 spiro atoms. The van der Waals surface area contributed by atoms with Gasteiger partial charge in [0.2, 0.25) is 0 Å². The van der Waals surface area contributed by atoms with E-state index in [9.17, 15) is 9.18 Å². The van der Waals surface area contributed by atoms with Crippen LogP contribution >= 0.6 is 0 Å². The molecule has 2 aliphatic heterocycles. The van der Waals surface area contributed by atoms with Crippen molar-refractivity contribution in [2.75, 3.05) is 42.6 Å². The number of halogens is 1. The van der Waals surface area contributed by atoms with E-state index in [1.807, 2.05) is 18.2 Å². The van der Waals surface area contributed by atoms with Crippen LogP contribution in [0.1, 0.15) is 0 Å². The fourth-order valence-electron chi connectivity index (χ4n) is 3.14. The Hall–Kier alpha value is -2.76. The molecule has 2 heterocycles. The monoisotopic (exact) mass is 328 g/mol. The third kappa shape index (κ3) is 2.54. The number of ether oxygens (including phenoxy) is 2. The van der Waals surface area contributed by atoms with Crippen molar-refractivity contribution in [2.24, 2.45) is 0 Å². The molecule has 0 N–H and O–H groups in total. The van der Waals surface area contributed by atoms with Gasteiger partial charge in [0.1, 0.15) is 18.0 Å². The molecule has 0 unspecified atom stereocenters. The fraction of sp³-hybridized carbons (Fsp3) is 0.278. The molecule has 0 saturated carbocycles. The van der Waals surface area contributed by atoms with E-state index >= 15 is 0 Å². The molecule has 2 aromatic carbocycles. The van der Waals surface area contributed by atoms with Crippen LogP contribution in [0.25, 0.3) is 0 Å². The normalized spacial score (nSPS) is 15.5. The molecule has 0 aromatic heterocycles. The summed E-state index contributed by atoms with van der Waals surface area (Å²) in [4.78, 5) is 16.5. The molecule has 24 heavy (non-hydrogen) atoms. The van der Waals surface area contributed by atoms with Crippen LogP contribution in [-0.2, 0) is 4.79 Å². The van der Waals surface area contributed by atoms with Crippen LogP contribution < -0.4 is 19.3 Å². The van der Waals surface area contributed by atoms with E-state index in [2.05, 4.69) is 4.90 Å². The lowest BCUT2D eigenvalue weighted by molar-refractivity contribution is -0.120. The molecule has 0 aliphatic carbocycles. The largest absolute Gasteiger partial charge is 0.489 e. The van der Waals surface area contributed by atoms with Crippen molar-refractivity contribution in [3.8, 4) is 11.5 Å². The molecule has 0 saturated heterocycles. The number of hydrogen-bond donors (Lipinski definition) is 0. The predicted molar refractivity (Wildman–Crippen MR) is 88.4 cm³/mol. The van der Waals surface area contributed by atoms with Crippen LogP contribution in [-0.4, -0.2) is 38.8 Å². The molecule has 0 fully saturated rings. The van der Waals surface area contributed by atoms with E-state index < -0.39 is 5.82 Å². The van der Waals surface area contributed by atoms with Gasteiger partial charge in [-0.1, -0.05) is 18.2 Å². The first-order chi connectivity index (χ1) is 11.7. The zero-order valence-electron chi connectivity index (χ0n) is 13.1. The van der Waals surface area contributed by atoms with Crippen LogP contribution in [0.5, 0.6) is 11.5 Å². The maximum atomic E-state index is 13.6. The third-order valence-electron chi connectivity index (χ3n) is 4.29. The second-order valence-corrected chi connectivity index (χ2v) is 5.72. The molecule has 2 aromatic rings. The molecule has 0 atom stereocenters. The Balaban J connectivity index is 1.54. The van der Waals surface area contributed by atoms with Gasteiger partial charge in [0.15, 0.2) is 18.2 Å². The van der Waals surface area contributed by atoms with Gasteiger partial charge < -0.3 is 19.3 Å². The molecular weight excluding hydrogens is 311 g/mol. The van der Waals surface area contributed by atoms with Crippen LogP contribution in [0.15, 0.2) is 42.5 Å². The molecule has 2 aliphatic rings. The maximum absolute atomic E-state index is 13.6. The molecule has 4 rings (SSSR count). The fourth-order valence-corrected chi connectivity index (χ4v) is 3.14. The Morgan fingerprint density at radius 3 is 2.88 bits per heavy atom. The summed E-state index contributed by atoms with van der Waals surface area (Å²) in [5.41, 5.74) is 1.77. The summed E-state index contributed by atoms with van der Waals surface area (Å²) in [6, 6.07) is 11.8. The highest BCUT2D eigenvalue weighted by atomic mass is 19.1. The van der Waals surface area contributed by atoms with Crippen molar-refractivity contribution in [3.05, 3.63) is 48.3 Å². The molecule has 5 nitrogen and oxygen atoms in total. The number of carbonyl (C=O) groups is 1. The van der Waals surface area contributed by atoms with Crippen LogP contribution in [0, 0.1) is 5.82 Å². The van der Waals surface area contributed by atoms with Gasteiger partial charge >= 0.3 is 0 Å². The van der Waals surface area contributed by atoms with Crippen molar-refractivity contribution in [1.29, 1.82) is 0 Å². The third-order valence-corrected chi connectivity index (χ3v) is 4.29. The lowest BCUT2D eigenvalue weighted by atomic mass is 10.1. The molecule has 6 heteroatoms. The minimum absolute atomic E-state index is 0.0860. The maximum Gasteiger partial charge on any atom is 0.265 e. The zero-order valence-corrected chi connectivity index (χ0v) is 13.1. The minimum Gasteiger partial charge on any atom is -0.489 e. The van der Waals surface area contributed by atoms with Crippen molar-refractivity contribution >= 4 is 17.3 Å². The van der Waals surface area contributed by atoms with Crippen LogP contribution in [0.2, 0.25) is 0 Å². The first kappa shape index (κ1) is 14.8. The van der Waals surface area contributed by atoms with E-state index in [4.69, 9.17) is 9.47 Å². The lowest BCUT2D eigenvalue weighted by Gasteiger charge is -2.40. The number of rotatable bonds is 3. The number of hydrogen-bond acceptors (Lipinski definition) is 4. The van der Waals surface area contributed by atoms with Gasteiger partial charge in [0.25, 0.3) is 5.91 Å². The van der Waals surface area contributed by atoms with Gasteiger partial charge in [0, 0.05) is 13.1 Å². The van der Waals surface area contributed by atoms with Crippen molar-refractivity contribution in [2.45, 2.75) is 0 Å². The van der Waals surface area contributed by atoms with E-state index in [1.54, 1.807) is 17.0 Å². The van der Waals surface area contributed by atoms with Crippen LogP contribution in [0.4, 0.5) is 15.8 Å². The van der Waals surface area contributed by atoms with E-state index in [0.29, 0.717) is 13.2 Å². The highest BCUT2D eigenvalue weighted by Crippen LogP contribution is 2.42. The molecule has 0 radical (unpaired) electrons. The molecule has 124 valence electrons. The highest BCUT2D eigenvalue weighted by molar-refractivity contribution is 6.00. The Labute approximate surface area is 139 Å². The highest BCUT2D eigenvalue weighted by Gasteiger charge is 2.31. The van der Waals surface area contributed by atoms with Crippen molar-refractivity contribution in [3.63, 3.8) is 0 Å². The first-order valence-corrected chi connectivity index (χ1v) is 7.92. The Morgan fingerprint density at radius 2 is 2.00 bits per heavy atom. The topological polar surface area (TPSA) is 42.0 Å². The summed E-state index contributed by atoms with van der Waals surface area (Å²) >= 11 is 0. The number of nitrogens with zero attached hydrogens (tertiary/aromatic N) is 2. The van der Waals surface area contributed by atoms with Gasteiger partial charge in [0.05, 0.1) is 12.2 Å². The first-order valence-electron chi connectivity index (χ1n) is 7.92. The average molecular weight is 328 g/mol. The number of carbonyl (C=O) groups excluding carboxylic acids is 1. The van der Waals surface area contributed by atoms with Crippen LogP contribution in [0.3, 0.4) is 0 Å². The summed E-state index contributed by atoms with van der Waals surface area (Å²) in [5, 5.41) is 0. The quantitative estimate of drug-likeness (QED) is 0.868. The van der Waals surface area contributed by atoms with Crippen molar-refractivity contribution in [1.82, 2.24) is 0 Å². The van der Waals surface area contributed by atoms with E-state index in [0.717, 1.165) is 30.2 Å². The zero-order chi connectivity index (χ0) is 16.5. The summed E-state index contributed by atoms with van der Waals surface area (Å²) < 4.78 is 24.6. The smallest absolute Gasteiger partial charge is 0.265 e. The Bertz CT molecular complexity index is 781. The molecule has 1 amide bonds. The van der Waals surface area contributed by atoms with E-state index in [1.165, 1.54) is 12.1 Å². The standard InChI is InChI=1S/C18H17FN2O3/c19-13-4-1-2-6-15(13)24-12-17(22)21-9-8-20-10-11-23-16-7-3-5-14(21)18(16)20/h1-7H,8-12H2. The Morgan fingerprint density at radius 1 is 1.12 bits per heavy atom. The number of anilines is 2. The summed E-state index contributed by atoms with van der Waals surface area (Å²) in [5.74, 6) is 0.215. The molecular formula is C18H17FN2O3. The van der Waals surface area contributed by atoms with Gasteiger partial charge in [-0.05, 0) is 24.3 Å². The van der Waals surface area contributed by atoms with Gasteiger partial charge in [-0.15, -0.1) is 0 Å². The van der Waals surface area contributed by atoms with Gasteiger partial charge in [-0.2, -0.15) is 0 Å². The summed E-state index contributed by atoms with van der Waals surface area (Å²) in [6.45, 7) is 2.60. The lowest BCUT2D eigenvalue weighted by Crippen LogP contribution is -2.48. The number of amides is 1. The van der Waals surface area contributed by atoms with Gasteiger partial charge in [-0.3, -0.25) is 4.79 Å². The number of benzene rings is 2. The second kappa shape index (κ2) is 6.03. The number of para-hydroxylation sites is 2. The average Bonchev–Trinajstić information content (AvgIpc) is 2.62. The Kier molecular flexibility index (Phi) is 3.72. The SMILES string of the molecule is O=C(COc1ccccc1F)N1CCN2CCOc3cccc1c32. The summed E-state index contributed by atoms with van der Waals surface area (Å²) in [6.07, 6.45) is 0. The van der Waals surface area contributed by atoms with Crippen molar-refractivity contribution < 1.29 is 18.7 Å². The minimum atomic E-state index is -0.472. The van der Waals surface area contributed by atoms with Gasteiger partial charge in [-0.25, -0.2) is 4.39 Å². The molecule has 0 bridgehead atoms. The van der Waals surface area contributed by atoms with E-state index in [-0.39, 0.29) is 18.3 Å². The second-order valence-electron chi connectivity index (χ2n) is 5.72. The summed E-state index contributed by atoms with van der Waals surface area (Å²) in [7, 11) is 0. The predicted octanol–water partition coefficient (Wildman–Crippen LogP) is 2.45.